The van der Waals surface area contributed by atoms with E-state index in [1.807, 2.05) is 11.3 Å². The number of fused-ring (bicyclic) bond motifs is 2. The summed E-state index contributed by atoms with van der Waals surface area (Å²) < 4.78 is 14.1. The fourth-order valence-electron chi connectivity index (χ4n) is 3.20. The van der Waals surface area contributed by atoms with E-state index in [0.717, 1.165) is 30.7 Å². The van der Waals surface area contributed by atoms with Gasteiger partial charge in [-0.05, 0) is 30.5 Å². The minimum atomic E-state index is 0.695. The predicted octanol–water partition coefficient (Wildman–Crippen LogP) is 3.34. The summed E-state index contributed by atoms with van der Waals surface area (Å²) in [5, 5.41) is 1.20. The number of aryl methyl sites for hydroxylation is 2. The van der Waals surface area contributed by atoms with Crippen LogP contribution in [0.15, 0.2) is 30.3 Å². The van der Waals surface area contributed by atoms with E-state index >= 15 is 0 Å². The molecule has 5 heteroatoms. The number of hydrogen-bond donors (Lipinski definition) is 0. The minimum absolute atomic E-state index is 0.695. The van der Waals surface area contributed by atoms with E-state index < -0.39 is 0 Å². The van der Waals surface area contributed by atoms with Crippen LogP contribution in [0.3, 0.4) is 0 Å². The van der Waals surface area contributed by atoms with Gasteiger partial charge >= 0.3 is 0 Å². The van der Waals surface area contributed by atoms with Gasteiger partial charge in [0, 0.05) is 26.4 Å². The van der Waals surface area contributed by atoms with Crippen LogP contribution in [0.5, 0.6) is 0 Å². The van der Waals surface area contributed by atoms with Gasteiger partial charge in [-0.1, -0.05) is 19.1 Å². The highest BCUT2D eigenvalue weighted by atomic mass is 32.1. The van der Waals surface area contributed by atoms with Crippen molar-refractivity contribution >= 4 is 21.6 Å². The van der Waals surface area contributed by atoms with Crippen LogP contribution in [0.25, 0.3) is 20.8 Å². The SMILES string of the molecule is CCc1cccc2sc3cc(=[N+](CCOC)CCOC)cc(C)c-3nc12. The minimum Gasteiger partial charge on any atom is -0.378 e. The fourth-order valence-corrected chi connectivity index (χ4v) is 4.34. The van der Waals surface area contributed by atoms with Gasteiger partial charge in [-0.25, -0.2) is 9.56 Å². The van der Waals surface area contributed by atoms with Gasteiger partial charge < -0.3 is 9.47 Å². The molecule has 1 aromatic carbocycles. The van der Waals surface area contributed by atoms with Gasteiger partial charge in [0.25, 0.3) is 0 Å². The van der Waals surface area contributed by atoms with Gasteiger partial charge in [-0.3, -0.25) is 0 Å². The van der Waals surface area contributed by atoms with Gasteiger partial charge in [-0.2, -0.15) is 0 Å². The molecule has 0 fully saturated rings. The standard InChI is InChI=1S/C21H27N2O2S/c1-5-16-7-6-8-18-21(16)22-20-15(2)13-17(14-19(20)26-18)23(9-11-24-3)10-12-25-4/h6-8,13-14H,5,9-12H2,1-4H3/q+1. The van der Waals surface area contributed by atoms with Crippen LogP contribution in [0, 0.1) is 6.92 Å². The molecule has 0 bridgehead atoms. The average Bonchev–Trinajstić information content (AvgIpc) is 2.66. The molecule has 0 atom stereocenters. The van der Waals surface area contributed by atoms with E-state index in [2.05, 4.69) is 48.8 Å². The highest BCUT2D eigenvalue weighted by molar-refractivity contribution is 7.21. The second-order valence-electron chi connectivity index (χ2n) is 6.41. The van der Waals surface area contributed by atoms with Crippen molar-refractivity contribution in [3.05, 3.63) is 46.8 Å². The molecule has 3 rings (SSSR count). The normalized spacial score (nSPS) is 11.4. The topological polar surface area (TPSA) is 34.4 Å². The van der Waals surface area contributed by atoms with Crippen molar-refractivity contribution in [3.63, 3.8) is 0 Å². The van der Waals surface area contributed by atoms with Gasteiger partial charge in [0.2, 0.25) is 5.36 Å². The molecule has 0 saturated heterocycles. The summed E-state index contributed by atoms with van der Waals surface area (Å²) >= 11 is 1.82. The molecule has 1 aliphatic heterocycles. The molecule has 0 radical (unpaired) electrons. The molecule has 4 nitrogen and oxygen atoms in total. The summed E-state index contributed by atoms with van der Waals surface area (Å²) in [5.41, 5.74) is 4.76. The first-order valence-corrected chi connectivity index (χ1v) is 9.88. The van der Waals surface area contributed by atoms with Gasteiger partial charge in [-0.15, -0.1) is 11.3 Å². The van der Waals surface area contributed by atoms with E-state index in [0.29, 0.717) is 13.2 Å². The Labute approximate surface area is 159 Å². The average molecular weight is 372 g/mol. The second-order valence-corrected chi connectivity index (χ2v) is 7.50. The Morgan fingerprint density at radius 3 is 2.46 bits per heavy atom. The maximum Gasteiger partial charge on any atom is 0.201 e. The molecule has 0 amide bonds. The van der Waals surface area contributed by atoms with Crippen molar-refractivity contribution in [2.24, 2.45) is 0 Å². The van der Waals surface area contributed by atoms with Crippen LogP contribution in [0.2, 0.25) is 0 Å². The van der Waals surface area contributed by atoms with Gasteiger partial charge in [0.15, 0.2) is 13.1 Å². The van der Waals surface area contributed by atoms with Crippen LogP contribution < -0.4 is 9.93 Å². The smallest absolute Gasteiger partial charge is 0.201 e. The number of hydrogen-bond acceptors (Lipinski definition) is 4. The number of aromatic nitrogens is 1. The number of nitrogens with zero attached hydrogens (tertiary/aromatic N) is 2. The first-order valence-electron chi connectivity index (χ1n) is 9.06. The van der Waals surface area contributed by atoms with E-state index in [1.165, 1.54) is 26.1 Å². The second kappa shape index (κ2) is 8.71. The summed E-state index contributed by atoms with van der Waals surface area (Å²) in [6, 6.07) is 11.0. The molecular formula is C21H27N2O2S+. The van der Waals surface area contributed by atoms with Crippen molar-refractivity contribution in [2.75, 3.05) is 40.5 Å². The Hall–Kier alpha value is -1.82. The largest absolute Gasteiger partial charge is 0.378 e. The van der Waals surface area contributed by atoms with E-state index in [1.54, 1.807) is 14.2 Å². The molecule has 1 aliphatic carbocycles. The quantitative estimate of drug-likeness (QED) is 0.472. The maximum atomic E-state index is 5.28. The number of ether oxygens (including phenoxy) is 2. The van der Waals surface area contributed by atoms with Gasteiger partial charge in [0.1, 0.15) is 13.2 Å². The summed E-state index contributed by atoms with van der Waals surface area (Å²) in [6.45, 7) is 7.41. The molecule has 0 unspecified atom stereocenters. The van der Waals surface area contributed by atoms with Crippen LogP contribution >= 0.6 is 11.3 Å². The number of benzene rings is 2. The molecule has 0 aromatic heterocycles. The number of para-hydroxylation sites is 1. The lowest BCUT2D eigenvalue weighted by Crippen LogP contribution is -2.35. The molecule has 0 saturated carbocycles. The highest BCUT2D eigenvalue weighted by Gasteiger charge is 2.15. The molecule has 0 N–H and O–H groups in total. The van der Waals surface area contributed by atoms with Crippen molar-refractivity contribution in [1.29, 1.82) is 0 Å². The van der Waals surface area contributed by atoms with Crippen molar-refractivity contribution in [3.8, 4) is 10.6 Å². The van der Waals surface area contributed by atoms with Crippen LogP contribution in [0.1, 0.15) is 18.1 Å². The lowest BCUT2D eigenvalue weighted by molar-refractivity contribution is 0.170. The molecule has 1 aromatic rings. The molecular weight excluding hydrogens is 344 g/mol. The fraction of sp³-hybridized carbons (Fsp3) is 0.429. The van der Waals surface area contributed by atoms with Crippen LogP contribution in [-0.4, -0.2) is 45.5 Å². The van der Waals surface area contributed by atoms with E-state index in [4.69, 9.17) is 14.5 Å². The molecule has 1 heterocycles. The maximum absolute atomic E-state index is 5.28. The zero-order chi connectivity index (χ0) is 18.5. The third kappa shape index (κ3) is 3.95. The highest BCUT2D eigenvalue weighted by Crippen LogP contribution is 2.32. The van der Waals surface area contributed by atoms with Crippen LogP contribution in [0.4, 0.5) is 0 Å². The number of rotatable bonds is 7. The van der Waals surface area contributed by atoms with Crippen molar-refractivity contribution in [2.45, 2.75) is 20.3 Å². The Morgan fingerprint density at radius 2 is 1.81 bits per heavy atom. The Kier molecular flexibility index (Phi) is 6.35. The van der Waals surface area contributed by atoms with Crippen molar-refractivity contribution < 1.29 is 9.47 Å². The molecule has 138 valence electrons. The first-order chi connectivity index (χ1) is 12.7. The zero-order valence-corrected chi connectivity index (χ0v) is 16.9. The summed E-state index contributed by atoms with van der Waals surface area (Å²) in [6.07, 6.45) is 1.00. The van der Waals surface area contributed by atoms with E-state index in [-0.39, 0.29) is 0 Å². The van der Waals surface area contributed by atoms with Crippen LogP contribution in [-0.2, 0) is 15.9 Å². The third-order valence-corrected chi connectivity index (χ3v) is 5.73. The molecule has 2 aliphatic rings. The third-order valence-electron chi connectivity index (χ3n) is 4.65. The van der Waals surface area contributed by atoms with E-state index in [9.17, 15) is 0 Å². The Balaban J connectivity index is 2.21. The van der Waals surface area contributed by atoms with Gasteiger partial charge in [0.05, 0.1) is 20.8 Å². The first kappa shape index (κ1) is 19.0. The van der Waals surface area contributed by atoms with Crippen molar-refractivity contribution in [1.82, 2.24) is 9.56 Å². The summed E-state index contributed by atoms with van der Waals surface area (Å²) in [7, 11) is 3.48. The molecule has 0 spiro atoms. The summed E-state index contributed by atoms with van der Waals surface area (Å²) in [5.74, 6) is 0. The monoisotopic (exact) mass is 371 g/mol. The lowest BCUT2D eigenvalue weighted by Gasteiger charge is -2.11. The summed E-state index contributed by atoms with van der Waals surface area (Å²) in [4.78, 5) is 6.24. The number of methoxy groups -OCH3 is 2. The Morgan fingerprint density at radius 1 is 1.08 bits per heavy atom. The zero-order valence-electron chi connectivity index (χ0n) is 16.0. The predicted molar refractivity (Wildman–Crippen MR) is 109 cm³/mol. The Bertz CT molecular complexity index is 923. The lowest BCUT2D eigenvalue weighted by atomic mass is 10.1. The molecule has 26 heavy (non-hydrogen) atoms.